The molecule has 0 fully saturated rings. The summed E-state index contributed by atoms with van der Waals surface area (Å²) in [5.74, 6) is -0.775. The van der Waals surface area contributed by atoms with Crippen LogP contribution >= 0.6 is 11.3 Å². The third kappa shape index (κ3) is 4.72. The smallest absolute Gasteiger partial charge is 0.310 e. The zero-order valence-electron chi connectivity index (χ0n) is 14.9. The highest BCUT2D eigenvalue weighted by atomic mass is 32.1. The molecule has 0 radical (unpaired) electrons. The van der Waals surface area contributed by atoms with Gasteiger partial charge in [0, 0.05) is 10.9 Å². The lowest BCUT2D eigenvalue weighted by atomic mass is 10.1. The number of ether oxygens (including phenoxy) is 1. The summed E-state index contributed by atoms with van der Waals surface area (Å²) < 4.78 is 18.6. The van der Waals surface area contributed by atoms with Crippen LogP contribution in [-0.2, 0) is 4.79 Å². The van der Waals surface area contributed by atoms with Crippen molar-refractivity contribution in [1.29, 1.82) is 0 Å². The quantitative estimate of drug-likeness (QED) is 0.471. The molecular weight excluding hydrogens is 383 g/mol. The molecule has 0 spiro atoms. The predicted octanol–water partition coefficient (Wildman–Crippen LogP) is 4.39. The number of carbonyl (C=O) groups is 1. The minimum atomic E-state index is -0.556. The van der Waals surface area contributed by atoms with Gasteiger partial charge in [-0.2, -0.15) is 0 Å². The Morgan fingerprint density at radius 3 is 2.64 bits per heavy atom. The lowest BCUT2D eigenvalue weighted by Gasteiger charge is -2.18. The van der Waals surface area contributed by atoms with E-state index in [1.54, 1.807) is 25.1 Å². The van der Waals surface area contributed by atoms with Gasteiger partial charge in [0.1, 0.15) is 5.82 Å². The van der Waals surface area contributed by atoms with E-state index in [2.05, 4.69) is 5.32 Å². The summed E-state index contributed by atoms with van der Waals surface area (Å²) in [6.07, 6.45) is 0. The van der Waals surface area contributed by atoms with Gasteiger partial charge in [0.2, 0.25) is 0 Å². The van der Waals surface area contributed by atoms with Gasteiger partial charge in [-0.1, -0.05) is 24.3 Å². The van der Waals surface area contributed by atoms with Crippen LogP contribution in [0.2, 0.25) is 0 Å². The van der Waals surface area contributed by atoms with Crippen LogP contribution in [-0.4, -0.2) is 17.4 Å². The molecule has 3 aromatic rings. The number of benzene rings is 2. The van der Waals surface area contributed by atoms with E-state index in [-0.39, 0.29) is 23.9 Å². The van der Waals surface area contributed by atoms with Crippen molar-refractivity contribution >= 4 is 22.9 Å². The molecule has 0 saturated carbocycles. The zero-order chi connectivity index (χ0) is 20.1. The molecular formula is C20H17FN2O4S. The van der Waals surface area contributed by atoms with Crippen molar-refractivity contribution in [2.75, 3.05) is 6.61 Å². The number of carbonyl (C=O) groups excluding carboxylic acids is 1. The second kappa shape index (κ2) is 8.62. The van der Waals surface area contributed by atoms with Crippen LogP contribution < -0.4 is 10.1 Å². The van der Waals surface area contributed by atoms with Gasteiger partial charge in [-0.25, -0.2) is 4.39 Å². The molecule has 28 heavy (non-hydrogen) atoms. The molecule has 1 amide bonds. The SMILES string of the molecule is Cc1ccc([N+](=O)[O-])c(OCC(=O)NC(c2ccc(F)cc2)c2cccs2)c1. The second-order valence-corrected chi connectivity index (χ2v) is 7.06. The van der Waals surface area contributed by atoms with Crippen LogP contribution in [0.1, 0.15) is 22.0 Å². The first kappa shape index (κ1) is 19.5. The minimum absolute atomic E-state index is 0.0367. The van der Waals surface area contributed by atoms with Gasteiger partial charge < -0.3 is 10.1 Å². The van der Waals surface area contributed by atoms with Gasteiger partial charge in [-0.3, -0.25) is 14.9 Å². The highest BCUT2D eigenvalue weighted by Gasteiger charge is 2.20. The molecule has 1 heterocycles. The van der Waals surface area contributed by atoms with E-state index in [1.807, 2.05) is 17.5 Å². The zero-order valence-corrected chi connectivity index (χ0v) is 15.7. The molecule has 1 aromatic heterocycles. The summed E-state index contributed by atoms with van der Waals surface area (Å²) in [6, 6.07) is 13.6. The topological polar surface area (TPSA) is 81.5 Å². The van der Waals surface area contributed by atoms with Crippen molar-refractivity contribution < 1.29 is 18.8 Å². The second-order valence-electron chi connectivity index (χ2n) is 6.08. The molecule has 1 atom stereocenters. The largest absolute Gasteiger partial charge is 0.477 e. The number of hydrogen-bond donors (Lipinski definition) is 1. The third-order valence-corrected chi connectivity index (χ3v) is 4.94. The molecule has 1 N–H and O–H groups in total. The van der Waals surface area contributed by atoms with Gasteiger partial charge in [-0.05, 0) is 47.7 Å². The van der Waals surface area contributed by atoms with Crippen molar-refractivity contribution in [3.63, 3.8) is 0 Å². The monoisotopic (exact) mass is 400 g/mol. The third-order valence-electron chi connectivity index (χ3n) is 4.01. The lowest BCUT2D eigenvalue weighted by molar-refractivity contribution is -0.385. The Labute approximate surface area is 164 Å². The van der Waals surface area contributed by atoms with Crippen molar-refractivity contribution in [3.05, 3.63) is 91.9 Å². The first-order valence-electron chi connectivity index (χ1n) is 8.40. The maximum atomic E-state index is 13.2. The molecule has 0 aliphatic carbocycles. The van der Waals surface area contributed by atoms with E-state index in [0.29, 0.717) is 0 Å². The summed E-state index contributed by atoms with van der Waals surface area (Å²) in [6.45, 7) is 1.39. The van der Waals surface area contributed by atoms with Crippen molar-refractivity contribution in [2.45, 2.75) is 13.0 Å². The molecule has 3 rings (SSSR count). The number of hydrogen-bond acceptors (Lipinski definition) is 5. The van der Waals surface area contributed by atoms with Crippen LogP contribution in [0.25, 0.3) is 0 Å². The molecule has 2 aromatic carbocycles. The van der Waals surface area contributed by atoms with E-state index in [1.165, 1.54) is 35.6 Å². The van der Waals surface area contributed by atoms with Crippen LogP contribution in [0.4, 0.5) is 10.1 Å². The van der Waals surface area contributed by atoms with Crippen molar-refractivity contribution in [2.24, 2.45) is 0 Å². The number of amides is 1. The number of aryl methyl sites for hydroxylation is 1. The van der Waals surface area contributed by atoms with Gasteiger partial charge in [0.25, 0.3) is 5.91 Å². The molecule has 8 heteroatoms. The number of thiophene rings is 1. The lowest BCUT2D eigenvalue weighted by Crippen LogP contribution is -2.33. The number of halogens is 1. The molecule has 0 aliphatic rings. The highest BCUT2D eigenvalue weighted by Crippen LogP contribution is 2.28. The normalized spacial score (nSPS) is 11.6. The van der Waals surface area contributed by atoms with Crippen LogP contribution in [0.15, 0.2) is 60.0 Å². The van der Waals surface area contributed by atoms with E-state index in [0.717, 1.165) is 16.0 Å². The van der Waals surface area contributed by atoms with Crippen LogP contribution in [0.3, 0.4) is 0 Å². The fourth-order valence-corrected chi connectivity index (χ4v) is 3.47. The average Bonchev–Trinajstić information content (AvgIpc) is 3.19. The van der Waals surface area contributed by atoms with Gasteiger partial charge in [0.15, 0.2) is 12.4 Å². The molecule has 144 valence electrons. The van der Waals surface area contributed by atoms with E-state index in [9.17, 15) is 19.3 Å². The van der Waals surface area contributed by atoms with Crippen molar-refractivity contribution in [3.8, 4) is 5.75 Å². The number of nitrogens with one attached hydrogen (secondary N) is 1. The van der Waals surface area contributed by atoms with Gasteiger partial charge in [-0.15, -0.1) is 11.3 Å². The van der Waals surface area contributed by atoms with Crippen molar-refractivity contribution in [1.82, 2.24) is 5.32 Å². The minimum Gasteiger partial charge on any atom is -0.477 e. The first-order valence-corrected chi connectivity index (χ1v) is 9.28. The predicted molar refractivity (Wildman–Crippen MR) is 104 cm³/mol. The summed E-state index contributed by atoms with van der Waals surface area (Å²) in [5, 5.41) is 15.8. The summed E-state index contributed by atoms with van der Waals surface area (Å²) in [7, 11) is 0. The van der Waals surface area contributed by atoms with Gasteiger partial charge in [0.05, 0.1) is 11.0 Å². The number of rotatable bonds is 7. The Balaban J connectivity index is 1.74. The highest BCUT2D eigenvalue weighted by molar-refractivity contribution is 7.10. The summed E-state index contributed by atoms with van der Waals surface area (Å²) >= 11 is 1.46. The van der Waals surface area contributed by atoms with Crippen LogP contribution in [0, 0.1) is 22.9 Å². The van der Waals surface area contributed by atoms with E-state index >= 15 is 0 Å². The molecule has 6 nitrogen and oxygen atoms in total. The Hall–Kier alpha value is -3.26. The Morgan fingerprint density at radius 1 is 1.25 bits per heavy atom. The fourth-order valence-electron chi connectivity index (χ4n) is 2.66. The molecule has 1 unspecified atom stereocenters. The molecule has 0 saturated heterocycles. The number of nitrogens with zero attached hydrogens (tertiary/aromatic N) is 1. The summed E-state index contributed by atoms with van der Waals surface area (Å²) in [5.41, 5.74) is 1.30. The molecule has 0 aliphatic heterocycles. The fraction of sp³-hybridized carbons (Fsp3) is 0.150. The van der Waals surface area contributed by atoms with Gasteiger partial charge >= 0.3 is 5.69 Å². The number of nitro groups is 1. The Kier molecular flexibility index (Phi) is 6.00. The Bertz CT molecular complexity index is 974. The molecule has 0 bridgehead atoms. The number of nitro benzene ring substituents is 1. The van der Waals surface area contributed by atoms with Crippen LogP contribution in [0.5, 0.6) is 5.75 Å². The first-order chi connectivity index (χ1) is 13.4. The maximum Gasteiger partial charge on any atom is 0.310 e. The Morgan fingerprint density at radius 2 is 2.00 bits per heavy atom. The summed E-state index contributed by atoms with van der Waals surface area (Å²) in [4.78, 5) is 23.9. The van der Waals surface area contributed by atoms with E-state index < -0.39 is 16.9 Å². The standard InChI is InChI=1S/C20H17FN2O4S/c1-13-4-9-16(23(25)26)17(11-13)27-12-19(24)22-20(18-3-2-10-28-18)14-5-7-15(21)8-6-14/h2-11,20H,12H2,1H3,(H,22,24). The maximum absolute atomic E-state index is 13.2. The average molecular weight is 400 g/mol. The van der Waals surface area contributed by atoms with E-state index in [4.69, 9.17) is 4.74 Å².